The van der Waals surface area contributed by atoms with Crippen LogP contribution < -0.4 is 0 Å². The number of non-ortho nitro benzene ring substituents is 1. The summed E-state index contributed by atoms with van der Waals surface area (Å²) >= 11 is 16.4. The molecule has 0 aliphatic rings. The van der Waals surface area contributed by atoms with Crippen LogP contribution in [0.25, 0.3) is 0 Å². The number of hydrogen-bond donors (Lipinski definition) is 0. The zero-order valence-electron chi connectivity index (χ0n) is 10.1. The lowest BCUT2D eigenvalue weighted by Crippen LogP contribution is -2.37. The highest BCUT2D eigenvalue weighted by molar-refractivity contribution is 6.68. The molecule has 0 spiro atoms. The van der Waals surface area contributed by atoms with Crippen molar-refractivity contribution in [2.45, 2.75) is 16.5 Å². The highest BCUT2D eigenvalue weighted by atomic mass is 35.6. The van der Waals surface area contributed by atoms with Gasteiger partial charge in [-0.1, -0.05) is 34.8 Å². The molecule has 1 atom stereocenters. The van der Waals surface area contributed by atoms with Crippen LogP contribution in [0.1, 0.15) is 5.56 Å². The number of halogens is 3. The zero-order valence-corrected chi connectivity index (χ0v) is 12.4. The Bertz CT molecular complexity index is 528. The van der Waals surface area contributed by atoms with E-state index in [2.05, 4.69) is 4.74 Å². The van der Waals surface area contributed by atoms with E-state index in [-0.39, 0.29) is 12.3 Å². The Kier molecular flexibility index (Phi) is 6.19. The van der Waals surface area contributed by atoms with Gasteiger partial charge in [0.05, 0.1) is 4.92 Å². The van der Waals surface area contributed by atoms with Crippen molar-refractivity contribution >= 4 is 52.9 Å². The van der Waals surface area contributed by atoms with E-state index in [0.29, 0.717) is 5.56 Å². The largest absolute Gasteiger partial charge is 0.458 e. The van der Waals surface area contributed by atoms with Gasteiger partial charge in [0.25, 0.3) is 5.69 Å². The fourth-order valence-electron chi connectivity index (χ4n) is 1.24. The molecule has 0 aliphatic heterocycles. The van der Waals surface area contributed by atoms with E-state index in [4.69, 9.17) is 39.5 Å². The zero-order chi connectivity index (χ0) is 16.0. The van der Waals surface area contributed by atoms with Crippen molar-refractivity contribution < 1.29 is 24.0 Å². The van der Waals surface area contributed by atoms with Gasteiger partial charge in [0, 0.05) is 12.1 Å². The van der Waals surface area contributed by atoms with E-state index >= 15 is 0 Å². The van der Waals surface area contributed by atoms with Crippen molar-refractivity contribution in [3.05, 3.63) is 39.9 Å². The van der Waals surface area contributed by atoms with Gasteiger partial charge in [0.2, 0.25) is 9.90 Å². The van der Waals surface area contributed by atoms with E-state index in [9.17, 15) is 19.7 Å². The van der Waals surface area contributed by atoms with Gasteiger partial charge in [-0.2, -0.15) is 0 Å². The second kappa shape index (κ2) is 7.44. The smallest absolute Gasteiger partial charge is 0.418 e. The number of carbonyl (C=O) groups is 1. The van der Waals surface area contributed by atoms with Crippen molar-refractivity contribution in [1.29, 1.82) is 0 Å². The predicted molar refractivity (Wildman–Crippen MR) is 73.7 cm³/mol. The Morgan fingerprint density at radius 2 is 1.90 bits per heavy atom. The topological polar surface area (TPSA) is 95.7 Å². The first-order valence-electron chi connectivity index (χ1n) is 5.25. The Morgan fingerprint density at radius 3 is 2.33 bits per heavy atom. The van der Waals surface area contributed by atoms with E-state index in [0.717, 1.165) is 6.47 Å². The number of nitrogens with zero attached hydrogens (tertiary/aromatic N) is 1. The third-order valence-corrected chi connectivity index (χ3v) is 2.80. The Balaban J connectivity index is 2.66. The Hall–Kier alpha value is -1.57. The summed E-state index contributed by atoms with van der Waals surface area (Å²) in [4.78, 5) is 31.7. The van der Waals surface area contributed by atoms with Crippen molar-refractivity contribution in [1.82, 2.24) is 0 Å². The maximum Gasteiger partial charge on any atom is 0.418 e. The molecule has 1 unspecified atom stereocenters. The molecule has 1 aromatic rings. The molecule has 0 amide bonds. The number of esters is 1. The van der Waals surface area contributed by atoms with Crippen molar-refractivity contribution in [3.63, 3.8) is 0 Å². The molecule has 0 N–H and O–H groups in total. The summed E-state index contributed by atoms with van der Waals surface area (Å²) in [5.41, 5.74) is 0.357. The minimum Gasteiger partial charge on any atom is -0.458 e. The summed E-state index contributed by atoms with van der Waals surface area (Å²) in [5, 5.41) is 10.5. The summed E-state index contributed by atoms with van der Waals surface area (Å²) in [6.07, 6.45) is -1.77. The predicted octanol–water partition coefficient (Wildman–Crippen LogP) is 2.46. The van der Waals surface area contributed by atoms with Crippen LogP contribution in [0.5, 0.6) is 0 Å². The van der Waals surface area contributed by atoms with Crippen molar-refractivity contribution in [2.24, 2.45) is 0 Å². The minimum atomic E-state index is -2.20. The molecule has 7 nitrogen and oxygen atoms in total. The fraction of sp³-hybridized carbons (Fsp3) is 0.273. The van der Waals surface area contributed by atoms with Crippen LogP contribution >= 0.6 is 34.8 Å². The van der Waals surface area contributed by atoms with Gasteiger partial charge in [-0.15, -0.1) is 0 Å². The van der Waals surface area contributed by atoms with Crippen LogP contribution in [0.4, 0.5) is 5.69 Å². The summed E-state index contributed by atoms with van der Waals surface area (Å²) in [5.74, 6) is -1.09. The van der Waals surface area contributed by atoms with Crippen LogP contribution in [0.3, 0.4) is 0 Å². The average Bonchev–Trinajstić information content (AvgIpc) is 2.41. The number of rotatable bonds is 6. The molecule has 113 valence electrons. The SMILES string of the molecule is O=[C]OC(C(=O)OCc1ccc([N+](=O)[O-])cc1)C(Cl)(Cl)Cl. The molecular formula is C11H7Cl3NO6. The highest BCUT2D eigenvalue weighted by Crippen LogP contribution is 2.32. The number of ether oxygens (including phenoxy) is 2. The quantitative estimate of drug-likeness (QED) is 0.337. The maximum absolute atomic E-state index is 11.6. The summed E-state index contributed by atoms with van der Waals surface area (Å²) in [6.45, 7) is 0.754. The first-order valence-corrected chi connectivity index (χ1v) is 6.38. The van der Waals surface area contributed by atoms with Gasteiger partial charge in [-0.25, -0.2) is 9.59 Å². The second-order valence-corrected chi connectivity index (χ2v) is 6.02. The molecule has 0 fully saturated rings. The minimum absolute atomic E-state index is 0.108. The third kappa shape index (κ3) is 5.37. The Labute approximate surface area is 133 Å². The molecule has 0 heterocycles. The van der Waals surface area contributed by atoms with Gasteiger partial charge in [0.15, 0.2) is 0 Å². The van der Waals surface area contributed by atoms with Crippen LogP contribution in [-0.2, 0) is 25.7 Å². The number of carbonyl (C=O) groups excluding carboxylic acids is 2. The average molecular weight is 356 g/mol. The van der Waals surface area contributed by atoms with Gasteiger partial charge in [-0.3, -0.25) is 10.1 Å². The maximum atomic E-state index is 11.6. The van der Waals surface area contributed by atoms with E-state index < -0.39 is 20.8 Å². The molecule has 0 aliphatic carbocycles. The second-order valence-electron chi connectivity index (χ2n) is 3.65. The number of benzene rings is 1. The van der Waals surface area contributed by atoms with Crippen LogP contribution in [0.2, 0.25) is 0 Å². The van der Waals surface area contributed by atoms with Crippen LogP contribution in [-0.4, -0.2) is 27.3 Å². The first kappa shape index (κ1) is 17.5. The van der Waals surface area contributed by atoms with E-state index in [1.807, 2.05) is 0 Å². The number of hydrogen-bond acceptors (Lipinski definition) is 6. The van der Waals surface area contributed by atoms with Gasteiger partial charge in [-0.05, 0) is 17.7 Å². The lowest BCUT2D eigenvalue weighted by molar-refractivity contribution is -0.384. The van der Waals surface area contributed by atoms with E-state index in [1.54, 1.807) is 0 Å². The van der Waals surface area contributed by atoms with Gasteiger partial charge < -0.3 is 9.47 Å². The molecule has 1 radical (unpaired) electrons. The van der Waals surface area contributed by atoms with E-state index in [1.165, 1.54) is 24.3 Å². The van der Waals surface area contributed by atoms with Crippen LogP contribution in [0, 0.1) is 10.1 Å². The normalized spacial score (nSPS) is 12.3. The molecule has 1 aromatic carbocycles. The molecule has 10 heteroatoms. The molecule has 0 saturated heterocycles. The van der Waals surface area contributed by atoms with Crippen molar-refractivity contribution in [3.8, 4) is 0 Å². The monoisotopic (exact) mass is 354 g/mol. The number of nitro benzene ring substituents is 1. The highest BCUT2D eigenvalue weighted by Gasteiger charge is 2.42. The molecule has 1 rings (SSSR count). The summed E-state index contributed by atoms with van der Waals surface area (Å²) in [6, 6.07) is 5.27. The number of alkyl halides is 3. The summed E-state index contributed by atoms with van der Waals surface area (Å²) in [7, 11) is 0. The Morgan fingerprint density at radius 1 is 1.33 bits per heavy atom. The number of nitro groups is 1. The molecule has 0 saturated carbocycles. The first-order chi connectivity index (χ1) is 9.75. The molecular weight excluding hydrogens is 348 g/mol. The van der Waals surface area contributed by atoms with Crippen molar-refractivity contribution in [2.75, 3.05) is 0 Å². The molecule has 0 aromatic heterocycles. The molecule has 21 heavy (non-hydrogen) atoms. The lowest BCUT2D eigenvalue weighted by atomic mass is 10.2. The molecule has 0 bridgehead atoms. The fourth-order valence-corrected chi connectivity index (χ4v) is 1.64. The summed E-state index contributed by atoms with van der Waals surface area (Å²) < 4.78 is 6.84. The van der Waals surface area contributed by atoms with Gasteiger partial charge in [0.1, 0.15) is 6.61 Å². The third-order valence-electron chi connectivity index (χ3n) is 2.21. The van der Waals surface area contributed by atoms with Crippen LogP contribution in [0.15, 0.2) is 24.3 Å². The van der Waals surface area contributed by atoms with Gasteiger partial charge >= 0.3 is 12.4 Å². The lowest BCUT2D eigenvalue weighted by Gasteiger charge is -2.20. The standard InChI is InChI=1S/C11H7Cl3NO6/c12-11(13,14)9(21-6-16)10(17)20-5-7-1-3-8(4-2-7)15(18)19/h1-4,9H,5H2.